The van der Waals surface area contributed by atoms with Gasteiger partial charge in [-0.3, -0.25) is 9.69 Å². The molecule has 1 aromatic carbocycles. The van der Waals surface area contributed by atoms with Crippen LogP contribution in [0.1, 0.15) is 37.0 Å². The number of hydrogen-bond acceptors (Lipinski definition) is 5. The van der Waals surface area contributed by atoms with Crippen LogP contribution in [-0.2, 0) is 9.47 Å². The fraction of sp³-hybridized carbons (Fsp3) is 0.667. The van der Waals surface area contributed by atoms with E-state index in [0.717, 1.165) is 76.8 Å². The molecule has 27 heavy (non-hydrogen) atoms. The second kappa shape index (κ2) is 10.1. The average molecular weight is 376 g/mol. The van der Waals surface area contributed by atoms with Crippen LogP contribution >= 0.6 is 0 Å². The SMILES string of the molecule is CC(C)Oc1ccc(C(=O)N(CCN2CCOCC2)C2CCOCC2)cc1. The van der Waals surface area contributed by atoms with Gasteiger partial charge >= 0.3 is 0 Å². The molecule has 0 N–H and O–H groups in total. The first kappa shape index (κ1) is 20.1. The summed E-state index contributed by atoms with van der Waals surface area (Å²) in [6.07, 6.45) is 1.94. The van der Waals surface area contributed by atoms with Gasteiger partial charge in [0.2, 0.25) is 0 Å². The van der Waals surface area contributed by atoms with E-state index in [2.05, 4.69) is 9.80 Å². The fourth-order valence-corrected chi connectivity index (χ4v) is 3.63. The second-order valence-corrected chi connectivity index (χ2v) is 7.49. The molecule has 0 spiro atoms. The van der Waals surface area contributed by atoms with Crippen LogP contribution in [0.3, 0.4) is 0 Å². The minimum absolute atomic E-state index is 0.103. The monoisotopic (exact) mass is 376 g/mol. The Kier molecular flexibility index (Phi) is 7.50. The predicted molar refractivity (Wildman–Crippen MR) is 104 cm³/mol. The molecule has 2 fully saturated rings. The number of nitrogens with zero attached hydrogens (tertiary/aromatic N) is 2. The molecule has 0 unspecified atom stereocenters. The number of rotatable bonds is 7. The standard InChI is InChI=1S/C21H32N2O4/c1-17(2)27-20-5-3-18(4-6-20)21(24)23(19-7-13-25-14-8-19)10-9-22-11-15-26-16-12-22/h3-6,17,19H,7-16H2,1-2H3. The lowest BCUT2D eigenvalue weighted by Crippen LogP contribution is -2.48. The van der Waals surface area contributed by atoms with Crippen LogP contribution in [-0.4, -0.2) is 80.5 Å². The summed E-state index contributed by atoms with van der Waals surface area (Å²) in [6.45, 7) is 10.5. The maximum absolute atomic E-state index is 13.3. The van der Waals surface area contributed by atoms with Crippen molar-refractivity contribution in [3.05, 3.63) is 29.8 Å². The molecule has 2 saturated heterocycles. The maximum atomic E-state index is 13.3. The van der Waals surface area contributed by atoms with Crippen molar-refractivity contribution in [3.63, 3.8) is 0 Å². The number of ether oxygens (including phenoxy) is 3. The topological polar surface area (TPSA) is 51.2 Å². The molecule has 1 aromatic rings. The summed E-state index contributed by atoms with van der Waals surface area (Å²) < 4.78 is 16.6. The highest BCUT2D eigenvalue weighted by atomic mass is 16.5. The summed E-state index contributed by atoms with van der Waals surface area (Å²) in [4.78, 5) is 17.7. The molecule has 0 atom stereocenters. The number of amides is 1. The first-order valence-electron chi connectivity index (χ1n) is 10.1. The summed E-state index contributed by atoms with van der Waals surface area (Å²) in [6, 6.07) is 7.77. The van der Waals surface area contributed by atoms with Crippen molar-refractivity contribution < 1.29 is 19.0 Å². The molecule has 2 aliphatic heterocycles. The highest BCUT2D eigenvalue weighted by molar-refractivity contribution is 5.94. The van der Waals surface area contributed by atoms with Crippen LogP contribution in [0.15, 0.2) is 24.3 Å². The van der Waals surface area contributed by atoms with Gasteiger partial charge in [-0.1, -0.05) is 0 Å². The Morgan fingerprint density at radius 3 is 2.37 bits per heavy atom. The molecular formula is C21H32N2O4. The number of morpholine rings is 1. The van der Waals surface area contributed by atoms with Gasteiger partial charge in [0.1, 0.15) is 5.75 Å². The quantitative estimate of drug-likeness (QED) is 0.732. The molecule has 0 aliphatic carbocycles. The van der Waals surface area contributed by atoms with Gasteiger partial charge in [-0.15, -0.1) is 0 Å². The third kappa shape index (κ3) is 5.92. The van der Waals surface area contributed by atoms with E-state index in [0.29, 0.717) is 0 Å². The molecule has 0 saturated carbocycles. The smallest absolute Gasteiger partial charge is 0.254 e. The Labute approximate surface area is 162 Å². The Bertz CT molecular complexity index is 578. The van der Waals surface area contributed by atoms with Gasteiger partial charge in [-0.05, 0) is 51.0 Å². The van der Waals surface area contributed by atoms with E-state index in [1.165, 1.54) is 0 Å². The van der Waals surface area contributed by atoms with Crippen LogP contribution in [0, 0.1) is 0 Å². The molecule has 3 rings (SSSR count). The summed E-state index contributed by atoms with van der Waals surface area (Å²) in [5, 5.41) is 0. The van der Waals surface area contributed by atoms with Crippen molar-refractivity contribution in [2.45, 2.75) is 38.8 Å². The molecule has 0 radical (unpaired) electrons. The third-order valence-electron chi connectivity index (χ3n) is 5.13. The molecule has 2 aliphatic rings. The van der Waals surface area contributed by atoms with E-state index >= 15 is 0 Å². The molecule has 6 nitrogen and oxygen atoms in total. The third-order valence-corrected chi connectivity index (χ3v) is 5.13. The van der Waals surface area contributed by atoms with Crippen molar-refractivity contribution in [2.75, 3.05) is 52.6 Å². The highest BCUT2D eigenvalue weighted by Crippen LogP contribution is 2.20. The Morgan fingerprint density at radius 1 is 1.11 bits per heavy atom. The summed E-state index contributed by atoms with van der Waals surface area (Å²) in [7, 11) is 0. The van der Waals surface area contributed by atoms with E-state index in [9.17, 15) is 4.79 Å². The Hall–Kier alpha value is -1.63. The molecule has 2 heterocycles. The first-order chi connectivity index (χ1) is 13.1. The Morgan fingerprint density at radius 2 is 1.74 bits per heavy atom. The van der Waals surface area contributed by atoms with Crippen LogP contribution in [0.2, 0.25) is 0 Å². The lowest BCUT2D eigenvalue weighted by molar-refractivity contribution is 0.0141. The maximum Gasteiger partial charge on any atom is 0.254 e. The van der Waals surface area contributed by atoms with Crippen LogP contribution in [0.25, 0.3) is 0 Å². The minimum atomic E-state index is 0.103. The Balaban J connectivity index is 1.67. The van der Waals surface area contributed by atoms with Crippen molar-refractivity contribution in [3.8, 4) is 5.75 Å². The average Bonchev–Trinajstić information content (AvgIpc) is 2.70. The van der Waals surface area contributed by atoms with Gasteiger partial charge in [0.05, 0.1) is 19.3 Å². The number of hydrogen-bond donors (Lipinski definition) is 0. The van der Waals surface area contributed by atoms with Gasteiger partial charge in [-0.2, -0.15) is 0 Å². The van der Waals surface area contributed by atoms with E-state index in [-0.39, 0.29) is 18.1 Å². The minimum Gasteiger partial charge on any atom is -0.491 e. The van der Waals surface area contributed by atoms with Crippen LogP contribution in [0.5, 0.6) is 5.75 Å². The first-order valence-corrected chi connectivity index (χ1v) is 10.1. The van der Waals surface area contributed by atoms with Gasteiger partial charge in [0, 0.05) is 51.0 Å². The zero-order chi connectivity index (χ0) is 19.1. The molecule has 150 valence electrons. The zero-order valence-corrected chi connectivity index (χ0v) is 16.6. The van der Waals surface area contributed by atoms with Gasteiger partial charge < -0.3 is 19.1 Å². The van der Waals surface area contributed by atoms with Crippen molar-refractivity contribution in [2.24, 2.45) is 0 Å². The van der Waals surface area contributed by atoms with Crippen molar-refractivity contribution in [1.29, 1.82) is 0 Å². The second-order valence-electron chi connectivity index (χ2n) is 7.49. The lowest BCUT2D eigenvalue weighted by atomic mass is 10.0. The van der Waals surface area contributed by atoms with E-state index in [1.54, 1.807) is 0 Å². The molecule has 0 bridgehead atoms. The van der Waals surface area contributed by atoms with Gasteiger partial charge in [-0.25, -0.2) is 0 Å². The molecular weight excluding hydrogens is 344 g/mol. The zero-order valence-electron chi connectivity index (χ0n) is 16.6. The number of carbonyl (C=O) groups excluding carboxylic acids is 1. The number of benzene rings is 1. The van der Waals surface area contributed by atoms with Crippen LogP contribution < -0.4 is 4.74 Å². The van der Waals surface area contributed by atoms with E-state index < -0.39 is 0 Å². The van der Waals surface area contributed by atoms with Gasteiger partial charge in [0.25, 0.3) is 5.91 Å². The van der Waals surface area contributed by atoms with E-state index in [1.807, 2.05) is 38.1 Å². The molecule has 1 amide bonds. The normalized spacial score (nSPS) is 19.2. The summed E-state index contributed by atoms with van der Waals surface area (Å²) >= 11 is 0. The summed E-state index contributed by atoms with van der Waals surface area (Å²) in [5.74, 6) is 0.902. The largest absolute Gasteiger partial charge is 0.491 e. The van der Waals surface area contributed by atoms with Gasteiger partial charge in [0.15, 0.2) is 0 Å². The van der Waals surface area contributed by atoms with E-state index in [4.69, 9.17) is 14.2 Å². The predicted octanol–water partition coefficient (Wildman–Crippen LogP) is 2.43. The van der Waals surface area contributed by atoms with Crippen LogP contribution in [0.4, 0.5) is 0 Å². The highest BCUT2D eigenvalue weighted by Gasteiger charge is 2.27. The van der Waals surface area contributed by atoms with Crippen molar-refractivity contribution in [1.82, 2.24) is 9.80 Å². The summed E-state index contributed by atoms with van der Waals surface area (Å²) in [5.41, 5.74) is 0.722. The number of carbonyl (C=O) groups is 1. The van der Waals surface area contributed by atoms with Crippen molar-refractivity contribution >= 4 is 5.91 Å². The molecule has 0 aromatic heterocycles. The molecule has 6 heteroatoms. The fourth-order valence-electron chi connectivity index (χ4n) is 3.63. The lowest BCUT2D eigenvalue weighted by Gasteiger charge is -2.36.